The van der Waals surface area contributed by atoms with Gasteiger partial charge in [-0.3, -0.25) is 4.79 Å². The van der Waals surface area contributed by atoms with Gasteiger partial charge in [0.15, 0.2) is 9.84 Å². The molecular formula is C11H20N2O3S. The summed E-state index contributed by atoms with van der Waals surface area (Å²) in [5.74, 6) is 0.476. The van der Waals surface area contributed by atoms with Gasteiger partial charge in [-0.1, -0.05) is 0 Å². The van der Waals surface area contributed by atoms with Crippen molar-refractivity contribution in [1.29, 1.82) is 0 Å². The molecule has 98 valence electrons. The van der Waals surface area contributed by atoms with Crippen LogP contribution in [0.3, 0.4) is 0 Å². The van der Waals surface area contributed by atoms with Crippen molar-refractivity contribution in [2.75, 3.05) is 31.6 Å². The molecule has 6 heteroatoms. The molecule has 0 saturated carbocycles. The van der Waals surface area contributed by atoms with Gasteiger partial charge >= 0.3 is 0 Å². The highest BCUT2D eigenvalue weighted by molar-refractivity contribution is 7.91. The second-order valence-electron chi connectivity index (χ2n) is 5.05. The first-order valence-electron chi connectivity index (χ1n) is 6.17. The van der Waals surface area contributed by atoms with Crippen LogP contribution in [-0.4, -0.2) is 56.9 Å². The lowest BCUT2D eigenvalue weighted by Crippen LogP contribution is -2.45. The van der Waals surface area contributed by atoms with Gasteiger partial charge in [-0.25, -0.2) is 8.42 Å². The second-order valence-corrected chi connectivity index (χ2v) is 7.28. The van der Waals surface area contributed by atoms with E-state index in [1.165, 1.54) is 0 Å². The van der Waals surface area contributed by atoms with Crippen LogP contribution in [0.15, 0.2) is 0 Å². The number of piperidine rings is 1. The van der Waals surface area contributed by atoms with Crippen molar-refractivity contribution < 1.29 is 13.2 Å². The van der Waals surface area contributed by atoms with Crippen LogP contribution in [0.1, 0.15) is 19.3 Å². The summed E-state index contributed by atoms with van der Waals surface area (Å²) in [7, 11) is -1.18. The quantitative estimate of drug-likeness (QED) is 0.736. The van der Waals surface area contributed by atoms with E-state index in [1.807, 2.05) is 0 Å². The smallest absolute Gasteiger partial charge is 0.226 e. The first kappa shape index (κ1) is 12.8. The van der Waals surface area contributed by atoms with E-state index < -0.39 is 9.84 Å². The molecule has 2 saturated heterocycles. The summed E-state index contributed by atoms with van der Waals surface area (Å²) in [5.41, 5.74) is 0. The van der Waals surface area contributed by atoms with Gasteiger partial charge in [-0.15, -0.1) is 0 Å². The summed E-state index contributed by atoms with van der Waals surface area (Å²) >= 11 is 0. The van der Waals surface area contributed by atoms with Crippen molar-refractivity contribution in [1.82, 2.24) is 10.2 Å². The van der Waals surface area contributed by atoms with E-state index in [9.17, 15) is 13.2 Å². The van der Waals surface area contributed by atoms with Gasteiger partial charge in [0, 0.05) is 19.6 Å². The fourth-order valence-corrected chi connectivity index (χ4v) is 4.39. The van der Waals surface area contributed by atoms with Crippen molar-refractivity contribution in [2.45, 2.75) is 25.3 Å². The van der Waals surface area contributed by atoms with Crippen LogP contribution >= 0.6 is 0 Å². The number of hydrogen-bond acceptors (Lipinski definition) is 4. The number of hydrogen-bond donors (Lipinski definition) is 1. The Morgan fingerprint density at radius 3 is 2.65 bits per heavy atom. The van der Waals surface area contributed by atoms with Crippen LogP contribution in [0, 0.1) is 5.92 Å². The largest absolute Gasteiger partial charge is 0.341 e. The van der Waals surface area contributed by atoms with Crippen molar-refractivity contribution in [3.05, 3.63) is 0 Å². The molecule has 0 aliphatic carbocycles. The average molecular weight is 260 g/mol. The average Bonchev–Trinajstić information content (AvgIpc) is 2.69. The Balaban J connectivity index is 1.95. The van der Waals surface area contributed by atoms with E-state index in [4.69, 9.17) is 0 Å². The van der Waals surface area contributed by atoms with E-state index in [0.717, 1.165) is 25.9 Å². The number of carbonyl (C=O) groups is 1. The molecule has 2 rings (SSSR count). The predicted molar refractivity (Wildman–Crippen MR) is 65.4 cm³/mol. The third-order valence-electron chi connectivity index (χ3n) is 3.75. The Kier molecular flexibility index (Phi) is 3.73. The number of carbonyl (C=O) groups excluding carboxylic acids is 1. The fraction of sp³-hybridized carbons (Fsp3) is 0.909. The minimum absolute atomic E-state index is 0.0251. The highest BCUT2D eigenvalue weighted by Gasteiger charge is 2.35. The number of rotatable bonds is 2. The maximum atomic E-state index is 12.2. The normalized spacial score (nSPS) is 32.3. The van der Waals surface area contributed by atoms with Crippen molar-refractivity contribution in [3.63, 3.8) is 0 Å². The molecule has 0 aromatic heterocycles. The number of nitrogens with zero attached hydrogens (tertiary/aromatic N) is 1. The monoisotopic (exact) mass is 260 g/mol. The lowest BCUT2D eigenvalue weighted by molar-refractivity contribution is -0.136. The Labute approximate surface area is 102 Å². The molecule has 17 heavy (non-hydrogen) atoms. The van der Waals surface area contributed by atoms with Gasteiger partial charge in [0.2, 0.25) is 5.91 Å². The van der Waals surface area contributed by atoms with Crippen molar-refractivity contribution in [2.24, 2.45) is 5.92 Å². The third kappa shape index (κ3) is 2.98. The SMILES string of the molecule is CN(C(=O)[C@H]1CCCNC1)C1CCS(=O)(=O)C1. The highest BCUT2D eigenvalue weighted by Crippen LogP contribution is 2.20. The molecule has 2 fully saturated rings. The minimum atomic E-state index is -2.91. The summed E-state index contributed by atoms with van der Waals surface area (Å²) in [6.07, 6.45) is 2.52. The molecule has 1 amide bonds. The van der Waals surface area contributed by atoms with Gasteiger partial charge in [0.25, 0.3) is 0 Å². The molecule has 0 radical (unpaired) electrons. The molecular weight excluding hydrogens is 240 g/mol. The number of amides is 1. The zero-order valence-electron chi connectivity index (χ0n) is 10.2. The lowest BCUT2D eigenvalue weighted by atomic mass is 9.97. The summed E-state index contributed by atoms with van der Waals surface area (Å²) in [6, 6.07) is -0.116. The lowest BCUT2D eigenvalue weighted by Gasteiger charge is -2.30. The summed E-state index contributed by atoms with van der Waals surface area (Å²) in [4.78, 5) is 13.8. The summed E-state index contributed by atoms with van der Waals surface area (Å²) < 4.78 is 22.8. The van der Waals surface area contributed by atoms with Gasteiger partial charge in [-0.05, 0) is 25.8 Å². The molecule has 2 aliphatic heterocycles. The van der Waals surface area contributed by atoms with Gasteiger partial charge in [0.05, 0.1) is 17.4 Å². The summed E-state index contributed by atoms with van der Waals surface area (Å²) in [5, 5.41) is 3.21. The number of nitrogens with one attached hydrogen (secondary N) is 1. The van der Waals surface area contributed by atoms with Crippen LogP contribution in [-0.2, 0) is 14.6 Å². The zero-order chi connectivity index (χ0) is 12.5. The first-order chi connectivity index (χ1) is 7.99. The molecule has 1 unspecified atom stereocenters. The minimum Gasteiger partial charge on any atom is -0.341 e. The van der Waals surface area contributed by atoms with E-state index in [0.29, 0.717) is 6.42 Å². The first-order valence-corrected chi connectivity index (χ1v) is 7.99. The molecule has 0 aromatic carbocycles. The molecule has 0 aromatic rings. The molecule has 0 spiro atoms. The van der Waals surface area contributed by atoms with Gasteiger partial charge < -0.3 is 10.2 Å². The third-order valence-corrected chi connectivity index (χ3v) is 5.50. The second kappa shape index (κ2) is 4.94. The maximum absolute atomic E-state index is 12.2. The Morgan fingerprint density at radius 2 is 2.12 bits per heavy atom. The standard InChI is InChI=1S/C11H20N2O3S/c1-13(10-4-6-17(15,16)8-10)11(14)9-3-2-5-12-7-9/h9-10,12H,2-8H2,1H3/t9-,10?/m0/s1. The van der Waals surface area contributed by atoms with Crippen molar-refractivity contribution >= 4 is 15.7 Å². The Bertz CT molecular complexity index is 388. The van der Waals surface area contributed by atoms with E-state index in [1.54, 1.807) is 11.9 Å². The summed E-state index contributed by atoms with van der Waals surface area (Å²) in [6.45, 7) is 1.70. The fourth-order valence-electron chi connectivity index (χ4n) is 2.61. The van der Waals surface area contributed by atoms with E-state index >= 15 is 0 Å². The van der Waals surface area contributed by atoms with E-state index in [2.05, 4.69) is 5.32 Å². The van der Waals surface area contributed by atoms with Crippen LogP contribution in [0.25, 0.3) is 0 Å². The molecule has 1 N–H and O–H groups in total. The van der Waals surface area contributed by atoms with Crippen molar-refractivity contribution in [3.8, 4) is 0 Å². The molecule has 2 heterocycles. The molecule has 2 aliphatic rings. The van der Waals surface area contributed by atoms with Gasteiger partial charge in [0.1, 0.15) is 0 Å². The van der Waals surface area contributed by atoms with Crippen LogP contribution < -0.4 is 5.32 Å². The maximum Gasteiger partial charge on any atom is 0.226 e. The van der Waals surface area contributed by atoms with E-state index in [-0.39, 0.29) is 29.4 Å². The van der Waals surface area contributed by atoms with Gasteiger partial charge in [-0.2, -0.15) is 0 Å². The Hall–Kier alpha value is -0.620. The molecule has 5 nitrogen and oxygen atoms in total. The highest BCUT2D eigenvalue weighted by atomic mass is 32.2. The Morgan fingerprint density at radius 1 is 1.35 bits per heavy atom. The van der Waals surface area contributed by atoms with Crippen LogP contribution in [0.4, 0.5) is 0 Å². The predicted octanol–water partition coefficient (Wildman–Crippen LogP) is -0.368. The zero-order valence-corrected chi connectivity index (χ0v) is 11.0. The van der Waals surface area contributed by atoms with Crippen LogP contribution in [0.2, 0.25) is 0 Å². The van der Waals surface area contributed by atoms with Crippen LogP contribution in [0.5, 0.6) is 0 Å². The topological polar surface area (TPSA) is 66.5 Å². The molecule has 2 atom stereocenters. The molecule has 0 bridgehead atoms. The number of sulfone groups is 1.